The molecule has 9 heteroatoms. The quantitative estimate of drug-likeness (QED) is 0.487. The smallest absolute Gasteiger partial charge is 0.320 e. The van der Waals surface area contributed by atoms with Gasteiger partial charge in [-0.05, 0) is 54.4 Å². The maximum atomic E-state index is 13.2. The molecule has 6 nitrogen and oxygen atoms in total. The number of anilines is 2. The van der Waals surface area contributed by atoms with Crippen LogP contribution in [-0.2, 0) is 16.6 Å². The minimum absolute atomic E-state index is 0.148. The van der Waals surface area contributed by atoms with Crippen LogP contribution in [0, 0.1) is 0 Å². The highest BCUT2D eigenvalue weighted by Crippen LogP contribution is 2.27. The highest BCUT2D eigenvalue weighted by molar-refractivity contribution is 7.92. The van der Waals surface area contributed by atoms with Crippen molar-refractivity contribution in [2.75, 3.05) is 22.7 Å². The molecule has 2 amide bonds. The topological polar surface area (TPSA) is 69.7 Å². The molecule has 0 aliphatic carbocycles. The second kappa shape index (κ2) is 9.40. The second-order valence-corrected chi connectivity index (χ2v) is 9.92. The molecule has 0 atom stereocenters. The number of hydrogen-bond acceptors (Lipinski definition) is 3. The summed E-state index contributed by atoms with van der Waals surface area (Å²) in [5.74, 6) is 0. The third-order valence-corrected chi connectivity index (χ3v) is 7.27. The Morgan fingerprint density at radius 1 is 0.875 bits per heavy atom. The highest BCUT2D eigenvalue weighted by Gasteiger charge is 2.27. The molecule has 0 spiro atoms. The molecule has 1 N–H and O–H groups in total. The lowest BCUT2D eigenvalue weighted by atomic mass is 10.1. The number of carbonyl (C=O) groups excluding carboxylic acids is 1. The van der Waals surface area contributed by atoms with E-state index in [0.717, 1.165) is 12.0 Å². The zero-order chi connectivity index (χ0) is 22.7. The maximum Gasteiger partial charge on any atom is 0.324 e. The van der Waals surface area contributed by atoms with Gasteiger partial charge in [-0.3, -0.25) is 9.62 Å². The van der Waals surface area contributed by atoms with E-state index in [1.54, 1.807) is 64.4 Å². The molecule has 0 aromatic heterocycles. The Kier molecular flexibility index (Phi) is 6.60. The van der Waals surface area contributed by atoms with Crippen molar-refractivity contribution in [3.05, 3.63) is 88.4 Å². The summed E-state index contributed by atoms with van der Waals surface area (Å²) in [4.78, 5) is 16.7. The monoisotopic (exact) mass is 489 g/mol. The first-order valence-corrected chi connectivity index (χ1v) is 12.3. The fourth-order valence-electron chi connectivity index (χ4n) is 3.58. The Labute approximate surface area is 197 Å². The fraction of sp³-hybridized carbons (Fsp3) is 0.174. The van der Waals surface area contributed by atoms with E-state index < -0.39 is 10.0 Å². The van der Waals surface area contributed by atoms with Crippen LogP contribution in [0.15, 0.2) is 77.7 Å². The second-order valence-electron chi connectivity index (χ2n) is 7.43. The fourth-order valence-corrected chi connectivity index (χ4v) is 4.97. The van der Waals surface area contributed by atoms with Crippen LogP contribution in [-0.4, -0.2) is 32.4 Å². The van der Waals surface area contributed by atoms with Crippen LogP contribution in [0.4, 0.5) is 16.2 Å². The molecular formula is C23H21Cl2N3O3S. The van der Waals surface area contributed by atoms with Gasteiger partial charge >= 0.3 is 6.03 Å². The van der Waals surface area contributed by atoms with Gasteiger partial charge in [-0.2, -0.15) is 0 Å². The van der Waals surface area contributed by atoms with E-state index >= 15 is 0 Å². The molecule has 4 rings (SSSR count). The summed E-state index contributed by atoms with van der Waals surface area (Å²) in [7, 11) is -3.72. The first-order chi connectivity index (χ1) is 15.3. The number of benzene rings is 3. The Bertz CT molecular complexity index is 1240. The van der Waals surface area contributed by atoms with Crippen LogP contribution in [0.3, 0.4) is 0 Å². The lowest BCUT2D eigenvalue weighted by Crippen LogP contribution is -2.49. The first kappa shape index (κ1) is 22.5. The number of nitrogens with zero attached hydrogens (tertiary/aromatic N) is 2. The molecule has 0 saturated carbocycles. The molecule has 1 heterocycles. The predicted octanol–water partition coefficient (Wildman–Crippen LogP) is 5.63. The highest BCUT2D eigenvalue weighted by atomic mass is 35.5. The van der Waals surface area contributed by atoms with Crippen LogP contribution in [0.25, 0.3) is 0 Å². The summed E-state index contributed by atoms with van der Waals surface area (Å²) in [6, 6.07) is 20.2. The van der Waals surface area contributed by atoms with Gasteiger partial charge in [-0.1, -0.05) is 53.5 Å². The van der Waals surface area contributed by atoms with Crippen molar-refractivity contribution in [1.82, 2.24) is 4.90 Å². The van der Waals surface area contributed by atoms with Gasteiger partial charge in [0.15, 0.2) is 0 Å². The maximum absolute atomic E-state index is 13.2. The molecule has 1 aliphatic heterocycles. The zero-order valence-electron chi connectivity index (χ0n) is 17.0. The van der Waals surface area contributed by atoms with Gasteiger partial charge in [-0.25, -0.2) is 13.2 Å². The molecule has 3 aromatic carbocycles. The van der Waals surface area contributed by atoms with Crippen molar-refractivity contribution in [3.63, 3.8) is 0 Å². The van der Waals surface area contributed by atoms with Crippen molar-refractivity contribution >= 4 is 50.6 Å². The molecule has 32 heavy (non-hydrogen) atoms. The molecule has 1 saturated heterocycles. The minimum Gasteiger partial charge on any atom is -0.320 e. The van der Waals surface area contributed by atoms with Gasteiger partial charge < -0.3 is 4.90 Å². The predicted molar refractivity (Wildman–Crippen MR) is 128 cm³/mol. The Balaban J connectivity index is 1.52. The number of urea groups is 1. The SMILES string of the molecule is O=C1N(Cc2ccc(Cl)c(Cl)c2)CCCN1c1cccc(NS(=O)(=O)c2ccccc2)c1. The standard InChI is InChI=1S/C23H21Cl2N3O3S/c24-21-11-10-17(14-22(21)25)16-27-12-5-13-28(23(27)29)19-7-4-6-18(15-19)26-32(30,31)20-8-2-1-3-9-20/h1-4,6-11,14-15,26H,5,12-13,16H2. The summed E-state index contributed by atoms with van der Waals surface area (Å²) in [6.45, 7) is 1.58. The van der Waals surface area contributed by atoms with Gasteiger partial charge in [0.05, 0.1) is 20.6 Å². The van der Waals surface area contributed by atoms with Crippen LogP contribution in [0.2, 0.25) is 10.0 Å². The van der Waals surface area contributed by atoms with E-state index in [1.165, 1.54) is 12.1 Å². The zero-order valence-corrected chi connectivity index (χ0v) is 19.4. The average molecular weight is 490 g/mol. The normalized spacial score (nSPS) is 14.5. The summed E-state index contributed by atoms with van der Waals surface area (Å²) in [5, 5.41) is 0.917. The van der Waals surface area contributed by atoms with E-state index in [1.807, 2.05) is 6.07 Å². The Morgan fingerprint density at radius 2 is 1.66 bits per heavy atom. The van der Waals surface area contributed by atoms with Gasteiger partial charge in [0.1, 0.15) is 0 Å². The van der Waals surface area contributed by atoms with Gasteiger partial charge in [-0.15, -0.1) is 0 Å². The molecule has 0 radical (unpaired) electrons. The Hall–Kier alpha value is -2.74. The lowest BCUT2D eigenvalue weighted by Gasteiger charge is -2.36. The van der Waals surface area contributed by atoms with Crippen molar-refractivity contribution in [1.29, 1.82) is 0 Å². The summed E-state index contributed by atoms with van der Waals surface area (Å²) in [6.07, 6.45) is 0.785. The van der Waals surface area contributed by atoms with E-state index in [-0.39, 0.29) is 10.9 Å². The number of sulfonamides is 1. The number of nitrogens with one attached hydrogen (secondary N) is 1. The van der Waals surface area contributed by atoms with Gasteiger partial charge in [0.2, 0.25) is 0 Å². The number of carbonyl (C=O) groups is 1. The van der Waals surface area contributed by atoms with Gasteiger partial charge in [0, 0.05) is 25.3 Å². The van der Waals surface area contributed by atoms with Crippen LogP contribution >= 0.6 is 23.2 Å². The molecule has 0 unspecified atom stereocenters. The van der Waals surface area contributed by atoms with E-state index in [4.69, 9.17) is 23.2 Å². The van der Waals surface area contributed by atoms with Crippen LogP contribution in [0.5, 0.6) is 0 Å². The largest absolute Gasteiger partial charge is 0.324 e. The molecule has 1 aliphatic rings. The number of rotatable bonds is 6. The van der Waals surface area contributed by atoms with E-state index in [0.29, 0.717) is 41.1 Å². The summed E-state index contributed by atoms with van der Waals surface area (Å²) >= 11 is 12.1. The average Bonchev–Trinajstić information content (AvgIpc) is 2.78. The van der Waals surface area contributed by atoms with Gasteiger partial charge in [0.25, 0.3) is 10.0 Å². The van der Waals surface area contributed by atoms with Crippen LogP contribution in [0.1, 0.15) is 12.0 Å². The molecule has 0 bridgehead atoms. The number of halogens is 2. The van der Waals surface area contributed by atoms with Crippen LogP contribution < -0.4 is 9.62 Å². The molecule has 1 fully saturated rings. The number of hydrogen-bond donors (Lipinski definition) is 1. The first-order valence-electron chi connectivity index (χ1n) is 10.0. The third kappa shape index (κ3) is 5.01. The summed E-state index contributed by atoms with van der Waals surface area (Å²) < 4.78 is 27.9. The van der Waals surface area contributed by atoms with Crippen molar-refractivity contribution < 1.29 is 13.2 Å². The molecule has 166 valence electrons. The minimum atomic E-state index is -3.72. The summed E-state index contributed by atoms with van der Waals surface area (Å²) in [5.41, 5.74) is 1.90. The molecule has 3 aromatic rings. The lowest BCUT2D eigenvalue weighted by molar-refractivity contribution is 0.192. The Morgan fingerprint density at radius 3 is 2.41 bits per heavy atom. The van der Waals surface area contributed by atoms with E-state index in [9.17, 15) is 13.2 Å². The molecular weight excluding hydrogens is 469 g/mol. The van der Waals surface area contributed by atoms with Crippen molar-refractivity contribution in [3.8, 4) is 0 Å². The van der Waals surface area contributed by atoms with Crippen molar-refractivity contribution in [2.24, 2.45) is 0 Å². The van der Waals surface area contributed by atoms with E-state index in [2.05, 4.69) is 4.72 Å². The number of amides is 2. The third-order valence-electron chi connectivity index (χ3n) is 5.13. The van der Waals surface area contributed by atoms with Crippen molar-refractivity contribution in [2.45, 2.75) is 17.9 Å².